The highest BCUT2D eigenvalue weighted by molar-refractivity contribution is 5.83. The second kappa shape index (κ2) is 9.26. The van der Waals surface area contributed by atoms with Gasteiger partial charge in [0.05, 0.1) is 0 Å². The van der Waals surface area contributed by atoms with E-state index in [2.05, 4.69) is 10.3 Å². The Hall–Kier alpha value is -1.79. The summed E-state index contributed by atoms with van der Waals surface area (Å²) in [5.41, 5.74) is 10.3. The minimum absolute atomic E-state index is 0.0894. The lowest BCUT2D eigenvalue weighted by molar-refractivity contribution is -0.142. The van der Waals surface area contributed by atoms with Crippen molar-refractivity contribution in [3.05, 3.63) is 0 Å². The van der Waals surface area contributed by atoms with E-state index in [-0.39, 0.29) is 24.8 Å². The van der Waals surface area contributed by atoms with Gasteiger partial charge in [0, 0.05) is 13.0 Å². The smallest absolute Gasteiger partial charge is 0.326 e. The van der Waals surface area contributed by atoms with E-state index in [1.165, 1.54) is 0 Å². The number of aliphatic imine (C=N–C) groups is 1. The molecule has 0 unspecified atom stereocenters. The summed E-state index contributed by atoms with van der Waals surface area (Å²) < 4.78 is 0. The molecule has 0 rings (SSSR count). The van der Waals surface area contributed by atoms with Crippen molar-refractivity contribution in [1.29, 1.82) is 0 Å². The molecule has 18 heavy (non-hydrogen) atoms. The first-order valence-corrected chi connectivity index (χ1v) is 6.05. The number of nitrogens with two attached hydrogens (primary N) is 2. The van der Waals surface area contributed by atoms with E-state index in [1.807, 2.05) is 6.92 Å². The van der Waals surface area contributed by atoms with Crippen LogP contribution in [0.5, 0.6) is 0 Å². The number of carboxylic acids is 1. The third-order valence-electron chi connectivity index (χ3n) is 2.35. The molecule has 0 radical (unpaired) electrons. The van der Waals surface area contributed by atoms with Crippen LogP contribution in [0.4, 0.5) is 0 Å². The van der Waals surface area contributed by atoms with E-state index in [0.717, 1.165) is 19.3 Å². The Bertz CT molecular complexity index is 301. The molecule has 0 spiro atoms. The minimum atomic E-state index is -1.08. The van der Waals surface area contributed by atoms with Crippen molar-refractivity contribution in [2.75, 3.05) is 6.54 Å². The number of amides is 1. The van der Waals surface area contributed by atoms with Gasteiger partial charge in [0.1, 0.15) is 6.04 Å². The summed E-state index contributed by atoms with van der Waals surface area (Å²) in [5, 5.41) is 11.4. The number of hydrogen-bond acceptors (Lipinski definition) is 3. The summed E-state index contributed by atoms with van der Waals surface area (Å²) in [6, 6.07) is -0.942. The third-order valence-corrected chi connectivity index (χ3v) is 2.35. The molecule has 0 fully saturated rings. The van der Waals surface area contributed by atoms with Crippen molar-refractivity contribution in [2.45, 2.75) is 45.1 Å². The fourth-order valence-corrected chi connectivity index (χ4v) is 1.38. The molecule has 0 saturated heterocycles. The Balaban J connectivity index is 4.07. The van der Waals surface area contributed by atoms with Crippen LogP contribution in [0, 0.1) is 0 Å². The first-order valence-electron chi connectivity index (χ1n) is 6.05. The molecule has 0 heterocycles. The third kappa shape index (κ3) is 8.37. The molecule has 0 aromatic rings. The van der Waals surface area contributed by atoms with Gasteiger partial charge in [-0.3, -0.25) is 9.79 Å². The van der Waals surface area contributed by atoms with E-state index in [9.17, 15) is 9.59 Å². The SMILES string of the molecule is CCCCCC(=O)N[C@@H](CCN=C(N)N)C(=O)O. The molecule has 7 heteroatoms. The molecular weight excluding hydrogens is 236 g/mol. The summed E-state index contributed by atoms with van der Waals surface area (Å²) >= 11 is 0. The molecule has 0 aromatic carbocycles. The lowest BCUT2D eigenvalue weighted by Crippen LogP contribution is -2.41. The average Bonchev–Trinajstić information content (AvgIpc) is 2.27. The highest BCUT2D eigenvalue weighted by atomic mass is 16.4. The maximum absolute atomic E-state index is 11.5. The first-order chi connectivity index (χ1) is 8.47. The van der Waals surface area contributed by atoms with Crippen LogP contribution in [0.25, 0.3) is 0 Å². The van der Waals surface area contributed by atoms with Crippen LogP contribution in [0.1, 0.15) is 39.0 Å². The number of nitrogens with one attached hydrogen (secondary N) is 1. The maximum Gasteiger partial charge on any atom is 0.326 e. The highest BCUT2D eigenvalue weighted by Gasteiger charge is 2.18. The average molecular weight is 258 g/mol. The van der Waals surface area contributed by atoms with Crippen LogP contribution in [0.3, 0.4) is 0 Å². The van der Waals surface area contributed by atoms with Gasteiger partial charge in [0.2, 0.25) is 5.91 Å². The number of aliphatic carboxylic acids is 1. The summed E-state index contributed by atoms with van der Waals surface area (Å²) in [6.07, 6.45) is 3.26. The van der Waals surface area contributed by atoms with Gasteiger partial charge < -0.3 is 21.9 Å². The monoisotopic (exact) mass is 258 g/mol. The summed E-state index contributed by atoms with van der Waals surface area (Å²) in [7, 11) is 0. The Morgan fingerprint density at radius 1 is 1.33 bits per heavy atom. The standard InChI is InChI=1S/C11H22N4O3/c1-2-3-4-5-9(16)15-8(10(17)18)6-7-14-11(12)13/h8H,2-7H2,1H3,(H,15,16)(H,17,18)(H4,12,13,14)/t8-/m0/s1. The molecule has 6 N–H and O–H groups in total. The van der Waals surface area contributed by atoms with Crippen molar-refractivity contribution in [2.24, 2.45) is 16.5 Å². The first kappa shape index (κ1) is 16.2. The van der Waals surface area contributed by atoms with E-state index in [0.29, 0.717) is 6.42 Å². The number of guanidine groups is 1. The zero-order chi connectivity index (χ0) is 14.0. The molecule has 0 aliphatic heterocycles. The van der Waals surface area contributed by atoms with Crippen LogP contribution < -0.4 is 16.8 Å². The van der Waals surface area contributed by atoms with E-state index in [4.69, 9.17) is 16.6 Å². The molecular formula is C11H22N4O3. The second-order valence-electron chi connectivity index (χ2n) is 4.01. The van der Waals surface area contributed by atoms with Crippen LogP contribution in [0.15, 0.2) is 4.99 Å². The number of carboxylic acid groups (broad SMARTS) is 1. The van der Waals surface area contributed by atoms with Crippen molar-refractivity contribution >= 4 is 17.8 Å². The number of hydrogen-bond donors (Lipinski definition) is 4. The van der Waals surface area contributed by atoms with Crippen LogP contribution >= 0.6 is 0 Å². The Morgan fingerprint density at radius 2 is 2.00 bits per heavy atom. The predicted octanol–water partition coefficient (Wildman–Crippen LogP) is -0.200. The van der Waals surface area contributed by atoms with Gasteiger partial charge >= 0.3 is 5.97 Å². The quantitative estimate of drug-likeness (QED) is 0.258. The summed E-state index contributed by atoms with van der Waals surface area (Å²) in [4.78, 5) is 26.1. The Labute approximate surface area is 107 Å². The molecule has 0 aliphatic rings. The maximum atomic E-state index is 11.5. The van der Waals surface area contributed by atoms with Gasteiger partial charge in [-0.15, -0.1) is 0 Å². The van der Waals surface area contributed by atoms with Gasteiger partial charge in [-0.25, -0.2) is 4.79 Å². The van der Waals surface area contributed by atoms with Gasteiger partial charge in [0.25, 0.3) is 0 Å². The lowest BCUT2D eigenvalue weighted by Gasteiger charge is -2.13. The molecule has 1 atom stereocenters. The highest BCUT2D eigenvalue weighted by Crippen LogP contribution is 2.00. The summed E-state index contributed by atoms with van der Waals surface area (Å²) in [6.45, 7) is 2.21. The summed E-state index contributed by atoms with van der Waals surface area (Å²) in [5.74, 6) is -1.42. The molecule has 0 saturated carbocycles. The molecule has 104 valence electrons. The lowest BCUT2D eigenvalue weighted by atomic mass is 10.1. The molecule has 0 aromatic heterocycles. The largest absolute Gasteiger partial charge is 0.480 e. The van der Waals surface area contributed by atoms with Gasteiger partial charge in [0.15, 0.2) is 5.96 Å². The molecule has 0 aliphatic carbocycles. The van der Waals surface area contributed by atoms with Crippen LogP contribution in [-0.4, -0.2) is 35.5 Å². The molecule has 7 nitrogen and oxygen atoms in total. The number of unbranched alkanes of at least 4 members (excludes halogenated alkanes) is 2. The zero-order valence-electron chi connectivity index (χ0n) is 10.7. The van der Waals surface area contributed by atoms with Crippen LogP contribution in [-0.2, 0) is 9.59 Å². The van der Waals surface area contributed by atoms with Crippen LogP contribution in [0.2, 0.25) is 0 Å². The van der Waals surface area contributed by atoms with E-state index < -0.39 is 12.0 Å². The Kier molecular flexibility index (Phi) is 8.34. The zero-order valence-corrected chi connectivity index (χ0v) is 10.7. The van der Waals surface area contributed by atoms with Gasteiger partial charge in [-0.2, -0.15) is 0 Å². The van der Waals surface area contributed by atoms with Gasteiger partial charge in [-0.1, -0.05) is 19.8 Å². The Morgan fingerprint density at radius 3 is 2.50 bits per heavy atom. The number of carbonyl (C=O) groups is 2. The van der Waals surface area contributed by atoms with Crippen molar-refractivity contribution in [3.63, 3.8) is 0 Å². The second-order valence-corrected chi connectivity index (χ2v) is 4.01. The number of rotatable bonds is 9. The van der Waals surface area contributed by atoms with Crippen molar-refractivity contribution < 1.29 is 14.7 Å². The van der Waals surface area contributed by atoms with Crippen molar-refractivity contribution in [3.8, 4) is 0 Å². The topological polar surface area (TPSA) is 131 Å². The van der Waals surface area contributed by atoms with Gasteiger partial charge in [-0.05, 0) is 12.8 Å². The minimum Gasteiger partial charge on any atom is -0.480 e. The van der Waals surface area contributed by atoms with E-state index in [1.54, 1.807) is 0 Å². The number of carbonyl (C=O) groups excluding carboxylic acids is 1. The fourth-order valence-electron chi connectivity index (χ4n) is 1.38. The fraction of sp³-hybridized carbons (Fsp3) is 0.727. The molecule has 0 bridgehead atoms. The number of nitrogens with zero attached hydrogens (tertiary/aromatic N) is 1. The predicted molar refractivity (Wildman–Crippen MR) is 69.0 cm³/mol. The molecule has 1 amide bonds. The van der Waals surface area contributed by atoms with Crippen molar-refractivity contribution in [1.82, 2.24) is 5.32 Å². The van der Waals surface area contributed by atoms with E-state index >= 15 is 0 Å². The normalized spacial score (nSPS) is 11.6.